The molecule has 1 aliphatic rings. The van der Waals surface area contributed by atoms with E-state index in [2.05, 4.69) is 155 Å². The summed E-state index contributed by atoms with van der Waals surface area (Å²) >= 11 is 7.23. The van der Waals surface area contributed by atoms with Gasteiger partial charge in [0.15, 0.2) is 0 Å². The molecule has 4 aromatic heterocycles. The van der Waals surface area contributed by atoms with Crippen molar-refractivity contribution in [2.45, 2.75) is 5.41 Å². The lowest BCUT2D eigenvalue weighted by atomic mass is 9.66. The molecule has 4 heterocycles. The van der Waals surface area contributed by atoms with Gasteiger partial charge in [0.25, 0.3) is 0 Å². The largest absolute Gasteiger partial charge is 0.144 e. The Bertz CT molecular complexity index is 1980. The molecule has 0 spiro atoms. The van der Waals surface area contributed by atoms with Crippen molar-refractivity contribution in [1.82, 2.24) is 0 Å². The van der Waals surface area contributed by atoms with Crippen molar-refractivity contribution < 1.29 is 0 Å². The van der Waals surface area contributed by atoms with E-state index in [0.717, 1.165) is 0 Å². The minimum Gasteiger partial charge on any atom is -0.144 e. The lowest BCUT2D eigenvalue weighted by molar-refractivity contribution is 0.770. The third-order valence-electron chi connectivity index (χ3n) is 8.91. The first-order valence-corrected chi connectivity index (χ1v) is 18.5. The molecule has 0 bridgehead atoms. The molecule has 0 amide bonds. The van der Waals surface area contributed by atoms with Gasteiger partial charge in [-0.2, -0.15) is 0 Å². The Morgan fingerprint density at radius 1 is 0.333 bits per heavy atom. The number of thiophene rings is 4. The molecule has 214 valence electrons. The quantitative estimate of drug-likeness (QED) is 0.169. The van der Waals surface area contributed by atoms with E-state index in [4.69, 9.17) is 0 Å². The van der Waals surface area contributed by atoms with E-state index in [-0.39, 0.29) is 0 Å². The fraction of sp³-hybridized carbons (Fsp3) is 0.0244. The molecule has 0 atom stereocenters. The smallest absolute Gasteiger partial charge is 0.0714 e. The Morgan fingerprint density at radius 3 is 0.978 bits per heavy atom. The summed E-state index contributed by atoms with van der Waals surface area (Å²) in [6.45, 7) is 0. The molecule has 0 aliphatic heterocycles. The van der Waals surface area contributed by atoms with Gasteiger partial charge in [-0.25, -0.2) is 0 Å². The van der Waals surface area contributed by atoms with Crippen LogP contribution in [0.5, 0.6) is 0 Å². The van der Waals surface area contributed by atoms with Gasteiger partial charge >= 0.3 is 0 Å². The minimum atomic E-state index is -0.508. The van der Waals surface area contributed by atoms with Crippen LogP contribution in [-0.4, -0.2) is 0 Å². The van der Waals surface area contributed by atoms with Crippen LogP contribution in [0, 0.1) is 0 Å². The average molecular weight is 647 g/mol. The van der Waals surface area contributed by atoms with Gasteiger partial charge in [0.1, 0.15) is 0 Å². The summed E-state index contributed by atoms with van der Waals surface area (Å²) in [5.41, 5.74) is 12.5. The van der Waals surface area contributed by atoms with Crippen LogP contribution >= 0.6 is 45.3 Å². The summed E-state index contributed by atoms with van der Waals surface area (Å²) in [5, 5.41) is 8.72. The van der Waals surface area contributed by atoms with Gasteiger partial charge in [-0.1, -0.05) is 72.8 Å². The number of benzene rings is 4. The first-order valence-electron chi connectivity index (χ1n) is 14.9. The molecule has 1 aliphatic carbocycles. The highest BCUT2D eigenvalue weighted by Gasteiger charge is 2.46. The lowest BCUT2D eigenvalue weighted by Crippen LogP contribution is -2.29. The SMILES string of the molecule is c1csc(-c2cc(-c3cccs3)cc(C3(c4cc(-c5cccs5)cc(-c5cccs5)c4)c4ccccc4-c4ccccc43)c2)c1. The standard InChI is InChI=1S/C41H26S4/c1-3-11-35-33(9-1)34-10-2-4-12-36(34)41(35,31-23-27(37-13-5-17-42-37)21-28(24-31)38-14-6-18-43-38)32-25-29(39-15-7-19-44-39)22-30(26-32)40-16-8-20-45-40/h1-26H. The van der Waals surface area contributed by atoms with Crippen LogP contribution in [0.3, 0.4) is 0 Å². The Balaban J connectivity index is 1.44. The molecule has 0 saturated heterocycles. The predicted octanol–water partition coefficient (Wildman–Crippen LogP) is 13.0. The van der Waals surface area contributed by atoms with E-state index in [0.29, 0.717) is 0 Å². The molecule has 45 heavy (non-hydrogen) atoms. The van der Waals surface area contributed by atoms with Gasteiger partial charge in [0, 0.05) is 19.5 Å². The van der Waals surface area contributed by atoms with Crippen LogP contribution in [-0.2, 0) is 5.41 Å². The maximum Gasteiger partial charge on any atom is 0.0714 e. The molecule has 0 radical (unpaired) electrons. The maximum atomic E-state index is 2.46. The third-order valence-corrected chi connectivity index (χ3v) is 12.6. The van der Waals surface area contributed by atoms with Crippen molar-refractivity contribution in [3.8, 4) is 52.9 Å². The Labute approximate surface area is 279 Å². The molecule has 0 nitrogen and oxygen atoms in total. The van der Waals surface area contributed by atoms with Gasteiger partial charge in [-0.3, -0.25) is 0 Å². The van der Waals surface area contributed by atoms with Crippen molar-refractivity contribution in [2.75, 3.05) is 0 Å². The molecule has 4 aromatic carbocycles. The highest BCUT2D eigenvalue weighted by atomic mass is 32.1. The van der Waals surface area contributed by atoms with Crippen LogP contribution in [0.4, 0.5) is 0 Å². The second-order valence-corrected chi connectivity index (χ2v) is 15.1. The predicted molar refractivity (Wildman–Crippen MR) is 197 cm³/mol. The average Bonchev–Trinajstić information content (AvgIpc) is 3.94. The molecule has 0 N–H and O–H groups in total. The second kappa shape index (κ2) is 10.9. The second-order valence-electron chi connectivity index (χ2n) is 11.3. The fourth-order valence-corrected chi connectivity index (χ4v) is 9.91. The Morgan fingerprint density at radius 2 is 0.667 bits per heavy atom. The molecule has 9 rings (SSSR count). The first-order chi connectivity index (χ1) is 22.3. The van der Waals surface area contributed by atoms with E-state index in [1.807, 2.05) is 0 Å². The number of fused-ring (bicyclic) bond motifs is 3. The zero-order chi connectivity index (χ0) is 29.8. The molecule has 4 heteroatoms. The van der Waals surface area contributed by atoms with Gasteiger partial charge < -0.3 is 0 Å². The van der Waals surface area contributed by atoms with Crippen LogP contribution < -0.4 is 0 Å². The van der Waals surface area contributed by atoms with E-state index in [1.165, 1.54) is 75.1 Å². The van der Waals surface area contributed by atoms with Crippen LogP contribution in [0.25, 0.3) is 52.9 Å². The Kier molecular flexibility index (Phi) is 6.57. The molecule has 0 saturated carbocycles. The van der Waals surface area contributed by atoms with Gasteiger partial charge in [-0.15, -0.1) is 45.3 Å². The van der Waals surface area contributed by atoms with Crippen molar-refractivity contribution >= 4 is 45.3 Å². The van der Waals surface area contributed by atoms with Crippen LogP contribution in [0.2, 0.25) is 0 Å². The molecule has 8 aromatic rings. The maximum absolute atomic E-state index is 2.46. The Hall–Kier alpha value is -4.32. The van der Waals surface area contributed by atoms with Gasteiger partial charge in [0.05, 0.1) is 5.41 Å². The highest BCUT2D eigenvalue weighted by Crippen LogP contribution is 2.58. The summed E-state index contributed by atoms with van der Waals surface area (Å²) in [7, 11) is 0. The molecular formula is C41H26S4. The zero-order valence-corrected chi connectivity index (χ0v) is 27.4. The number of hydrogen-bond donors (Lipinski definition) is 0. The summed E-state index contributed by atoms with van der Waals surface area (Å²) in [6.07, 6.45) is 0. The highest BCUT2D eigenvalue weighted by molar-refractivity contribution is 7.14. The first kappa shape index (κ1) is 27.0. The fourth-order valence-electron chi connectivity index (χ4n) is 7.05. The zero-order valence-electron chi connectivity index (χ0n) is 24.1. The topological polar surface area (TPSA) is 0 Å². The van der Waals surface area contributed by atoms with Crippen molar-refractivity contribution in [3.05, 3.63) is 177 Å². The van der Waals surface area contributed by atoms with E-state index < -0.39 is 5.41 Å². The van der Waals surface area contributed by atoms with Crippen molar-refractivity contribution in [2.24, 2.45) is 0 Å². The van der Waals surface area contributed by atoms with E-state index >= 15 is 0 Å². The van der Waals surface area contributed by atoms with E-state index in [1.54, 1.807) is 45.3 Å². The molecule has 0 fully saturated rings. The summed E-state index contributed by atoms with van der Waals surface area (Å²) in [6, 6.07) is 50.4. The summed E-state index contributed by atoms with van der Waals surface area (Å²) < 4.78 is 0. The summed E-state index contributed by atoms with van der Waals surface area (Å²) in [4.78, 5) is 5.15. The monoisotopic (exact) mass is 646 g/mol. The van der Waals surface area contributed by atoms with Crippen molar-refractivity contribution in [3.63, 3.8) is 0 Å². The molecule has 0 unspecified atom stereocenters. The number of hydrogen-bond acceptors (Lipinski definition) is 4. The van der Waals surface area contributed by atoms with E-state index in [9.17, 15) is 0 Å². The minimum absolute atomic E-state index is 0.508. The number of rotatable bonds is 6. The summed E-state index contributed by atoms with van der Waals surface area (Å²) in [5.74, 6) is 0. The van der Waals surface area contributed by atoms with Crippen LogP contribution in [0.1, 0.15) is 22.3 Å². The normalized spacial score (nSPS) is 13.1. The van der Waals surface area contributed by atoms with Gasteiger partial charge in [0.2, 0.25) is 0 Å². The van der Waals surface area contributed by atoms with Crippen molar-refractivity contribution in [1.29, 1.82) is 0 Å². The van der Waals surface area contributed by atoms with Crippen LogP contribution in [0.15, 0.2) is 155 Å². The third kappa shape index (κ3) is 4.36. The molecular weight excluding hydrogens is 621 g/mol. The lowest BCUT2D eigenvalue weighted by Gasteiger charge is -2.35. The van der Waals surface area contributed by atoms with Gasteiger partial charge in [-0.05, 0) is 138 Å².